The SMILES string of the molecule is c1ccc(Cc2ccc3c(c2)CCO3)cc1. The van der Waals surface area contributed by atoms with Crippen LogP contribution in [0.4, 0.5) is 0 Å². The summed E-state index contributed by atoms with van der Waals surface area (Å²) >= 11 is 0. The van der Waals surface area contributed by atoms with Crippen molar-refractivity contribution in [1.82, 2.24) is 0 Å². The van der Waals surface area contributed by atoms with Crippen molar-refractivity contribution in [2.45, 2.75) is 12.8 Å². The molecule has 0 aliphatic carbocycles. The zero-order valence-corrected chi connectivity index (χ0v) is 9.15. The molecule has 1 aliphatic heterocycles. The summed E-state index contributed by atoms with van der Waals surface area (Å²) in [6.45, 7) is 0.837. The number of benzene rings is 2. The summed E-state index contributed by atoms with van der Waals surface area (Å²) in [4.78, 5) is 0. The lowest BCUT2D eigenvalue weighted by molar-refractivity contribution is 0.357. The first kappa shape index (κ1) is 9.46. The minimum Gasteiger partial charge on any atom is -0.493 e. The van der Waals surface area contributed by atoms with Crippen LogP contribution in [-0.4, -0.2) is 6.61 Å². The molecule has 80 valence electrons. The smallest absolute Gasteiger partial charge is 0.122 e. The summed E-state index contributed by atoms with van der Waals surface area (Å²) in [7, 11) is 0. The summed E-state index contributed by atoms with van der Waals surface area (Å²) < 4.78 is 5.50. The normalized spacial score (nSPS) is 13.2. The topological polar surface area (TPSA) is 9.23 Å². The third-order valence-electron chi connectivity index (χ3n) is 3.00. The van der Waals surface area contributed by atoms with E-state index in [1.165, 1.54) is 16.7 Å². The van der Waals surface area contributed by atoms with Gasteiger partial charge in [0.1, 0.15) is 5.75 Å². The molecule has 1 heterocycles. The van der Waals surface area contributed by atoms with Crippen molar-refractivity contribution in [3.63, 3.8) is 0 Å². The fourth-order valence-corrected chi connectivity index (χ4v) is 2.18. The average Bonchev–Trinajstić information content (AvgIpc) is 2.77. The first-order valence-corrected chi connectivity index (χ1v) is 5.70. The van der Waals surface area contributed by atoms with Crippen LogP contribution in [-0.2, 0) is 12.8 Å². The fraction of sp³-hybridized carbons (Fsp3) is 0.200. The highest BCUT2D eigenvalue weighted by atomic mass is 16.5. The first-order chi connectivity index (χ1) is 7.92. The van der Waals surface area contributed by atoms with Crippen LogP contribution >= 0.6 is 0 Å². The molecule has 0 radical (unpaired) electrons. The molecule has 0 spiro atoms. The molecule has 0 fully saturated rings. The van der Waals surface area contributed by atoms with Gasteiger partial charge in [-0.1, -0.05) is 42.5 Å². The van der Waals surface area contributed by atoms with Crippen LogP contribution < -0.4 is 4.74 Å². The zero-order chi connectivity index (χ0) is 10.8. The maximum atomic E-state index is 5.50. The first-order valence-electron chi connectivity index (χ1n) is 5.70. The predicted molar refractivity (Wildman–Crippen MR) is 64.9 cm³/mol. The molecule has 0 unspecified atom stereocenters. The summed E-state index contributed by atoms with van der Waals surface area (Å²) in [6.07, 6.45) is 2.06. The third kappa shape index (κ3) is 1.81. The fourth-order valence-electron chi connectivity index (χ4n) is 2.18. The highest BCUT2D eigenvalue weighted by Crippen LogP contribution is 2.26. The van der Waals surface area contributed by atoms with Crippen LogP contribution in [0.2, 0.25) is 0 Å². The third-order valence-corrected chi connectivity index (χ3v) is 3.00. The molecule has 0 bridgehead atoms. The van der Waals surface area contributed by atoms with Gasteiger partial charge in [0.05, 0.1) is 6.61 Å². The Morgan fingerprint density at radius 1 is 0.938 bits per heavy atom. The van der Waals surface area contributed by atoms with Crippen molar-refractivity contribution < 1.29 is 4.74 Å². The summed E-state index contributed by atoms with van der Waals surface area (Å²) in [6, 6.07) is 17.1. The highest BCUT2D eigenvalue weighted by molar-refractivity contribution is 5.41. The van der Waals surface area contributed by atoms with Crippen LogP contribution in [0, 0.1) is 0 Å². The minimum absolute atomic E-state index is 0.837. The van der Waals surface area contributed by atoms with Gasteiger partial charge in [0.25, 0.3) is 0 Å². The quantitative estimate of drug-likeness (QED) is 0.739. The van der Waals surface area contributed by atoms with E-state index in [9.17, 15) is 0 Å². The van der Waals surface area contributed by atoms with E-state index in [0.29, 0.717) is 0 Å². The number of hydrogen-bond acceptors (Lipinski definition) is 1. The highest BCUT2D eigenvalue weighted by Gasteiger charge is 2.11. The van der Waals surface area contributed by atoms with Gasteiger partial charge >= 0.3 is 0 Å². The lowest BCUT2D eigenvalue weighted by Crippen LogP contribution is -1.88. The Bertz CT molecular complexity index is 488. The molecule has 1 nitrogen and oxygen atoms in total. The van der Waals surface area contributed by atoms with Crippen molar-refractivity contribution in [3.05, 3.63) is 65.2 Å². The van der Waals surface area contributed by atoms with Gasteiger partial charge in [-0.05, 0) is 29.2 Å². The summed E-state index contributed by atoms with van der Waals surface area (Å²) in [5.41, 5.74) is 4.09. The van der Waals surface area contributed by atoms with Crippen LogP contribution in [0.25, 0.3) is 0 Å². The molecule has 2 aromatic rings. The molecule has 0 saturated carbocycles. The number of hydrogen-bond donors (Lipinski definition) is 0. The van der Waals surface area contributed by atoms with Gasteiger partial charge in [-0.15, -0.1) is 0 Å². The van der Waals surface area contributed by atoms with Gasteiger partial charge in [-0.2, -0.15) is 0 Å². The lowest BCUT2D eigenvalue weighted by Gasteiger charge is -2.04. The van der Waals surface area contributed by atoms with E-state index in [-0.39, 0.29) is 0 Å². The molecule has 3 rings (SSSR count). The Balaban J connectivity index is 1.86. The molecule has 0 atom stereocenters. The van der Waals surface area contributed by atoms with E-state index in [2.05, 4.69) is 48.5 Å². The average molecular weight is 210 g/mol. The molecule has 0 N–H and O–H groups in total. The van der Waals surface area contributed by atoms with Crippen LogP contribution in [0.3, 0.4) is 0 Å². The zero-order valence-electron chi connectivity index (χ0n) is 9.15. The number of ether oxygens (including phenoxy) is 1. The van der Waals surface area contributed by atoms with E-state index >= 15 is 0 Å². The van der Waals surface area contributed by atoms with Gasteiger partial charge in [-0.25, -0.2) is 0 Å². The van der Waals surface area contributed by atoms with E-state index in [0.717, 1.165) is 25.2 Å². The molecular formula is C15H14O. The predicted octanol–water partition coefficient (Wildman–Crippen LogP) is 3.21. The number of rotatable bonds is 2. The Kier molecular flexibility index (Phi) is 2.37. The van der Waals surface area contributed by atoms with Crippen LogP contribution in [0.15, 0.2) is 48.5 Å². The second kappa shape index (κ2) is 4.01. The molecule has 0 saturated heterocycles. The molecule has 0 amide bonds. The van der Waals surface area contributed by atoms with E-state index < -0.39 is 0 Å². The van der Waals surface area contributed by atoms with Crippen molar-refractivity contribution in [2.75, 3.05) is 6.61 Å². The second-order valence-corrected chi connectivity index (χ2v) is 4.20. The largest absolute Gasteiger partial charge is 0.493 e. The maximum absolute atomic E-state index is 5.50. The second-order valence-electron chi connectivity index (χ2n) is 4.20. The van der Waals surface area contributed by atoms with Gasteiger partial charge in [-0.3, -0.25) is 0 Å². The Hall–Kier alpha value is -1.76. The van der Waals surface area contributed by atoms with Crippen molar-refractivity contribution in [3.8, 4) is 5.75 Å². The Morgan fingerprint density at radius 2 is 1.81 bits per heavy atom. The molecule has 1 aliphatic rings. The molecule has 1 heteroatoms. The molecular weight excluding hydrogens is 196 g/mol. The Labute approximate surface area is 95.7 Å². The van der Waals surface area contributed by atoms with Gasteiger partial charge in [0.15, 0.2) is 0 Å². The van der Waals surface area contributed by atoms with Crippen LogP contribution in [0.5, 0.6) is 5.75 Å². The lowest BCUT2D eigenvalue weighted by atomic mass is 10.0. The van der Waals surface area contributed by atoms with Gasteiger partial charge in [0.2, 0.25) is 0 Å². The van der Waals surface area contributed by atoms with E-state index in [1.54, 1.807) is 0 Å². The van der Waals surface area contributed by atoms with Crippen LogP contribution in [0.1, 0.15) is 16.7 Å². The monoisotopic (exact) mass is 210 g/mol. The van der Waals surface area contributed by atoms with Crippen molar-refractivity contribution in [1.29, 1.82) is 0 Å². The van der Waals surface area contributed by atoms with Gasteiger partial charge in [0, 0.05) is 6.42 Å². The molecule has 2 aromatic carbocycles. The molecule has 16 heavy (non-hydrogen) atoms. The number of fused-ring (bicyclic) bond motifs is 1. The standard InChI is InChI=1S/C15H14O/c1-2-4-12(5-3-1)10-13-6-7-15-14(11-13)8-9-16-15/h1-7,11H,8-10H2. The van der Waals surface area contributed by atoms with Crippen molar-refractivity contribution in [2.24, 2.45) is 0 Å². The van der Waals surface area contributed by atoms with E-state index in [1.807, 2.05) is 0 Å². The summed E-state index contributed by atoms with van der Waals surface area (Å²) in [5.74, 6) is 1.07. The minimum atomic E-state index is 0.837. The summed E-state index contributed by atoms with van der Waals surface area (Å²) in [5, 5.41) is 0. The van der Waals surface area contributed by atoms with Gasteiger partial charge < -0.3 is 4.74 Å². The molecule has 0 aromatic heterocycles. The maximum Gasteiger partial charge on any atom is 0.122 e. The van der Waals surface area contributed by atoms with E-state index in [4.69, 9.17) is 4.74 Å². The Morgan fingerprint density at radius 3 is 2.69 bits per heavy atom. The van der Waals surface area contributed by atoms with Crippen molar-refractivity contribution >= 4 is 0 Å².